The van der Waals surface area contributed by atoms with E-state index in [4.69, 9.17) is 11.0 Å². The normalized spacial score (nSPS) is 12.1. The summed E-state index contributed by atoms with van der Waals surface area (Å²) in [6, 6.07) is 6.98. The van der Waals surface area contributed by atoms with Crippen LogP contribution in [0.15, 0.2) is 18.2 Å². The Morgan fingerprint density at radius 1 is 1.57 bits per heavy atom. The average molecular weight is 190 g/mol. The summed E-state index contributed by atoms with van der Waals surface area (Å²) in [5.41, 5.74) is 7.53. The molecule has 1 aromatic carbocycles. The van der Waals surface area contributed by atoms with Gasteiger partial charge in [0.1, 0.15) is 5.75 Å². The molecule has 0 aliphatic heterocycles. The summed E-state index contributed by atoms with van der Waals surface area (Å²) in [7, 11) is 0. The minimum Gasteiger partial charge on any atom is -0.508 e. The molecule has 0 amide bonds. The summed E-state index contributed by atoms with van der Waals surface area (Å²) in [5, 5.41) is 18.1. The Bertz CT molecular complexity index is 355. The Morgan fingerprint density at radius 3 is 2.86 bits per heavy atom. The monoisotopic (exact) mass is 190 g/mol. The molecule has 0 bridgehead atoms. The van der Waals surface area contributed by atoms with E-state index in [2.05, 4.69) is 0 Å². The highest BCUT2D eigenvalue weighted by Gasteiger charge is 2.12. The third-order valence-electron chi connectivity index (χ3n) is 2.25. The highest BCUT2D eigenvalue weighted by atomic mass is 16.3. The minimum atomic E-state index is -0.304. The van der Waals surface area contributed by atoms with Gasteiger partial charge in [-0.3, -0.25) is 0 Å². The van der Waals surface area contributed by atoms with Crippen molar-refractivity contribution in [3.8, 4) is 11.8 Å². The Labute approximate surface area is 83.8 Å². The maximum absolute atomic E-state index is 9.57. The molecule has 3 N–H and O–H groups in total. The Balaban J connectivity index is 3.08. The second-order valence-electron chi connectivity index (χ2n) is 3.17. The molecule has 3 heteroatoms. The number of benzene rings is 1. The number of hydrogen-bond donors (Lipinski definition) is 2. The van der Waals surface area contributed by atoms with Gasteiger partial charge >= 0.3 is 0 Å². The fraction of sp³-hybridized carbons (Fsp3) is 0.364. The van der Waals surface area contributed by atoms with Gasteiger partial charge in [-0.05, 0) is 23.6 Å². The van der Waals surface area contributed by atoms with Crippen LogP contribution in [0.4, 0.5) is 0 Å². The second kappa shape index (κ2) is 4.64. The molecule has 1 atom stereocenters. The number of nitriles is 1. The first-order chi connectivity index (χ1) is 6.70. The standard InChI is InChI=1S/C11H14N2O/c1-2-8-9(10(13)6-7-12)4-3-5-11(8)14/h3-5,10,14H,2,6,13H2,1H3/t10-/m1/s1. The van der Waals surface area contributed by atoms with Crippen LogP contribution in [0, 0.1) is 11.3 Å². The molecule has 0 saturated carbocycles. The summed E-state index contributed by atoms with van der Waals surface area (Å²) in [4.78, 5) is 0. The second-order valence-corrected chi connectivity index (χ2v) is 3.17. The zero-order valence-corrected chi connectivity index (χ0v) is 8.20. The number of nitrogens with zero attached hydrogens (tertiary/aromatic N) is 1. The van der Waals surface area contributed by atoms with Gasteiger partial charge in [-0.25, -0.2) is 0 Å². The molecule has 14 heavy (non-hydrogen) atoms. The van der Waals surface area contributed by atoms with Crippen LogP contribution >= 0.6 is 0 Å². The predicted octanol–water partition coefficient (Wildman–Crippen LogP) is 1.87. The van der Waals surface area contributed by atoms with Crippen molar-refractivity contribution in [1.82, 2.24) is 0 Å². The fourth-order valence-electron chi connectivity index (χ4n) is 1.53. The quantitative estimate of drug-likeness (QED) is 0.764. The highest BCUT2D eigenvalue weighted by molar-refractivity contribution is 5.41. The van der Waals surface area contributed by atoms with E-state index in [-0.39, 0.29) is 18.2 Å². The highest BCUT2D eigenvalue weighted by Crippen LogP contribution is 2.26. The van der Waals surface area contributed by atoms with Gasteiger partial charge in [0.2, 0.25) is 0 Å². The predicted molar refractivity (Wildman–Crippen MR) is 54.6 cm³/mol. The number of hydrogen-bond acceptors (Lipinski definition) is 3. The van der Waals surface area contributed by atoms with Crippen molar-refractivity contribution < 1.29 is 5.11 Å². The van der Waals surface area contributed by atoms with Gasteiger partial charge in [-0.1, -0.05) is 19.1 Å². The van der Waals surface area contributed by atoms with Gasteiger partial charge in [-0.15, -0.1) is 0 Å². The minimum absolute atomic E-state index is 0.262. The smallest absolute Gasteiger partial charge is 0.119 e. The number of phenolic OH excluding ortho intramolecular Hbond substituents is 1. The van der Waals surface area contributed by atoms with Crippen molar-refractivity contribution in [1.29, 1.82) is 5.26 Å². The lowest BCUT2D eigenvalue weighted by molar-refractivity contribution is 0.466. The lowest BCUT2D eigenvalue weighted by Crippen LogP contribution is -2.11. The van der Waals surface area contributed by atoms with Crippen LogP contribution in [0.2, 0.25) is 0 Å². The number of aromatic hydroxyl groups is 1. The van der Waals surface area contributed by atoms with Crippen molar-refractivity contribution in [3.63, 3.8) is 0 Å². The van der Waals surface area contributed by atoms with Crippen molar-refractivity contribution in [2.75, 3.05) is 0 Å². The third-order valence-corrected chi connectivity index (χ3v) is 2.25. The van der Waals surface area contributed by atoms with E-state index in [0.29, 0.717) is 0 Å². The van der Waals surface area contributed by atoms with Crippen molar-refractivity contribution in [3.05, 3.63) is 29.3 Å². The lowest BCUT2D eigenvalue weighted by atomic mass is 9.97. The molecule has 0 spiro atoms. The van der Waals surface area contributed by atoms with Gasteiger partial charge in [0.05, 0.1) is 12.5 Å². The van der Waals surface area contributed by atoms with Crippen molar-refractivity contribution in [2.24, 2.45) is 5.73 Å². The molecule has 1 rings (SSSR count). The molecule has 3 nitrogen and oxygen atoms in total. The topological polar surface area (TPSA) is 70.0 Å². The average Bonchev–Trinajstić information content (AvgIpc) is 2.17. The van der Waals surface area contributed by atoms with Crippen LogP contribution in [-0.2, 0) is 6.42 Å². The molecule has 0 unspecified atom stereocenters. The fourth-order valence-corrected chi connectivity index (χ4v) is 1.53. The van der Waals surface area contributed by atoms with E-state index in [9.17, 15) is 5.11 Å². The van der Waals surface area contributed by atoms with Gasteiger partial charge in [-0.2, -0.15) is 5.26 Å². The molecule has 0 aromatic heterocycles. The van der Waals surface area contributed by atoms with Gasteiger partial charge in [0.15, 0.2) is 0 Å². The van der Waals surface area contributed by atoms with Crippen LogP contribution in [-0.4, -0.2) is 5.11 Å². The molecule has 0 heterocycles. The van der Waals surface area contributed by atoms with E-state index < -0.39 is 0 Å². The first-order valence-corrected chi connectivity index (χ1v) is 4.64. The largest absolute Gasteiger partial charge is 0.508 e. The van der Waals surface area contributed by atoms with Crippen LogP contribution in [0.3, 0.4) is 0 Å². The first-order valence-electron chi connectivity index (χ1n) is 4.64. The molecule has 0 fully saturated rings. The van der Waals surface area contributed by atoms with E-state index in [1.165, 1.54) is 0 Å². The SMILES string of the molecule is CCc1c(O)cccc1[C@H](N)CC#N. The third kappa shape index (κ3) is 2.04. The summed E-state index contributed by atoms with van der Waals surface area (Å²) in [5.74, 6) is 0.262. The van der Waals surface area contributed by atoms with E-state index >= 15 is 0 Å². The van der Waals surface area contributed by atoms with Gasteiger partial charge in [0, 0.05) is 6.04 Å². The number of nitrogens with two attached hydrogens (primary N) is 1. The summed E-state index contributed by atoms with van der Waals surface area (Å²) >= 11 is 0. The molecule has 74 valence electrons. The molecule has 0 aliphatic carbocycles. The zero-order chi connectivity index (χ0) is 10.6. The molecule has 0 aliphatic rings. The van der Waals surface area contributed by atoms with E-state index in [1.54, 1.807) is 12.1 Å². The van der Waals surface area contributed by atoms with E-state index in [0.717, 1.165) is 17.5 Å². The Kier molecular flexibility index (Phi) is 3.49. The van der Waals surface area contributed by atoms with Gasteiger partial charge < -0.3 is 10.8 Å². The van der Waals surface area contributed by atoms with Crippen LogP contribution < -0.4 is 5.73 Å². The van der Waals surface area contributed by atoms with Crippen LogP contribution in [0.1, 0.15) is 30.5 Å². The number of rotatable bonds is 3. The Hall–Kier alpha value is -1.53. The maximum Gasteiger partial charge on any atom is 0.119 e. The molecule has 1 aromatic rings. The van der Waals surface area contributed by atoms with Crippen molar-refractivity contribution >= 4 is 0 Å². The van der Waals surface area contributed by atoms with E-state index in [1.807, 2.05) is 19.1 Å². The van der Waals surface area contributed by atoms with Crippen LogP contribution in [0.25, 0.3) is 0 Å². The first kappa shape index (κ1) is 10.6. The van der Waals surface area contributed by atoms with Crippen molar-refractivity contribution in [2.45, 2.75) is 25.8 Å². The summed E-state index contributed by atoms with van der Waals surface area (Å²) in [6.07, 6.45) is 0.998. The lowest BCUT2D eigenvalue weighted by Gasteiger charge is -2.13. The van der Waals surface area contributed by atoms with Gasteiger partial charge in [0.25, 0.3) is 0 Å². The Morgan fingerprint density at radius 2 is 2.29 bits per heavy atom. The maximum atomic E-state index is 9.57. The zero-order valence-electron chi connectivity index (χ0n) is 8.20. The summed E-state index contributed by atoms with van der Waals surface area (Å²) in [6.45, 7) is 1.96. The van der Waals surface area contributed by atoms with Crippen LogP contribution in [0.5, 0.6) is 5.75 Å². The molecular weight excluding hydrogens is 176 g/mol. The molecule has 0 saturated heterocycles. The molecular formula is C11H14N2O. The summed E-state index contributed by atoms with van der Waals surface area (Å²) < 4.78 is 0. The number of phenols is 1. The molecule has 0 radical (unpaired) electrons.